The number of carbonyl (C=O) groups is 2. The minimum absolute atomic E-state index is 0.111. The molecule has 0 bridgehead atoms. The first-order valence-corrected chi connectivity index (χ1v) is 12.9. The van der Waals surface area contributed by atoms with Crippen LogP contribution in [0.4, 0.5) is 0 Å². The zero-order valence-corrected chi connectivity index (χ0v) is 20.5. The molecule has 178 valence electrons. The van der Waals surface area contributed by atoms with E-state index >= 15 is 0 Å². The second kappa shape index (κ2) is 9.66. The van der Waals surface area contributed by atoms with Gasteiger partial charge in [0.05, 0.1) is 10.9 Å². The van der Waals surface area contributed by atoms with Crippen molar-refractivity contribution in [2.45, 2.75) is 58.5 Å². The number of rotatable bonds is 5. The summed E-state index contributed by atoms with van der Waals surface area (Å²) >= 11 is 1.60. The maximum absolute atomic E-state index is 13.4. The lowest BCUT2D eigenvalue weighted by Crippen LogP contribution is -2.36. The second-order valence-electron chi connectivity index (χ2n) is 9.35. The molecule has 4 heterocycles. The SMILES string of the molecule is CC(C)C(NC(=O)c1ccccn1)c1nnc2n1CCN(C(=O)c1scc3c1CCCC3)CC2. The molecule has 2 aliphatic rings. The Morgan fingerprint density at radius 3 is 2.71 bits per heavy atom. The Kier molecular flexibility index (Phi) is 6.45. The van der Waals surface area contributed by atoms with Crippen LogP contribution in [0.15, 0.2) is 29.8 Å². The normalized spacial score (nSPS) is 16.5. The molecule has 0 aromatic carbocycles. The minimum Gasteiger partial charge on any atom is -0.340 e. The molecule has 0 saturated carbocycles. The van der Waals surface area contributed by atoms with Crippen molar-refractivity contribution in [3.63, 3.8) is 0 Å². The van der Waals surface area contributed by atoms with E-state index in [1.165, 1.54) is 17.5 Å². The zero-order valence-electron chi connectivity index (χ0n) is 19.7. The fourth-order valence-corrected chi connectivity index (χ4v) is 5.99. The summed E-state index contributed by atoms with van der Waals surface area (Å²) in [6.45, 7) is 5.94. The molecule has 2 amide bonds. The fourth-order valence-electron chi connectivity index (χ4n) is 4.86. The summed E-state index contributed by atoms with van der Waals surface area (Å²) in [4.78, 5) is 33.2. The molecule has 34 heavy (non-hydrogen) atoms. The number of nitrogens with zero attached hydrogens (tertiary/aromatic N) is 5. The molecule has 3 aromatic rings. The second-order valence-corrected chi connectivity index (χ2v) is 10.2. The molecule has 0 radical (unpaired) electrons. The average Bonchev–Trinajstić information content (AvgIpc) is 3.40. The number of nitrogens with one attached hydrogen (secondary N) is 1. The van der Waals surface area contributed by atoms with Crippen LogP contribution in [0.25, 0.3) is 0 Å². The Balaban J connectivity index is 1.33. The Labute approximate surface area is 203 Å². The van der Waals surface area contributed by atoms with Crippen LogP contribution in [0, 0.1) is 5.92 Å². The molecule has 1 aliphatic carbocycles. The van der Waals surface area contributed by atoms with Crippen molar-refractivity contribution in [1.29, 1.82) is 0 Å². The Bertz CT molecular complexity index is 1190. The van der Waals surface area contributed by atoms with Crippen LogP contribution in [-0.4, -0.2) is 49.6 Å². The highest BCUT2D eigenvalue weighted by molar-refractivity contribution is 7.12. The van der Waals surface area contributed by atoms with Crippen LogP contribution < -0.4 is 5.32 Å². The summed E-state index contributed by atoms with van der Waals surface area (Å²) in [5, 5.41) is 14.2. The number of hydrogen-bond donors (Lipinski definition) is 1. The third kappa shape index (κ3) is 4.36. The van der Waals surface area contributed by atoms with Gasteiger partial charge in [-0.1, -0.05) is 19.9 Å². The van der Waals surface area contributed by atoms with E-state index in [0.29, 0.717) is 31.7 Å². The number of amides is 2. The largest absolute Gasteiger partial charge is 0.340 e. The Hall–Kier alpha value is -3.07. The molecule has 8 nitrogen and oxygen atoms in total. The van der Waals surface area contributed by atoms with Gasteiger partial charge in [-0.2, -0.15) is 0 Å². The van der Waals surface area contributed by atoms with E-state index in [4.69, 9.17) is 0 Å². The van der Waals surface area contributed by atoms with Gasteiger partial charge in [0.2, 0.25) is 0 Å². The highest BCUT2D eigenvalue weighted by Gasteiger charge is 2.30. The maximum Gasteiger partial charge on any atom is 0.270 e. The summed E-state index contributed by atoms with van der Waals surface area (Å²) < 4.78 is 2.08. The number of aromatic nitrogens is 4. The number of aryl methyl sites for hydroxylation is 1. The molecule has 0 spiro atoms. The van der Waals surface area contributed by atoms with Crippen LogP contribution in [0.2, 0.25) is 0 Å². The van der Waals surface area contributed by atoms with E-state index < -0.39 is 0 Å². The van der Waals surface area contributed by atoms with Crippen LogP contribution in [-0.2, 0) is 25.8 Å². The van der Waals surface area contributed by atoms with E-state index in [1.807, 2.05) is 4.90 Å². The van der Waals surface area contributed by atoms with E-state index in [9.17, 15) is 9.59 Å². The number of fused-ring (bicyclic) bond motifs is 2. The molecule has 5 rings (SSSR count). The molecule has 3 aromatic heterocycles. The van der Waals surface area contributed by atoms with Gasteiger partial charge in [-0.05, 0) is 60.2 Å². The summed E-state index contributed by atoms with van der Waals surface area (Å²) in [6, 6.07) is 4.98. The van der Waals surface area contributed by atoms with E-state index in [0.717, 1.165) is 35.8 Å². The van der Waals surface area contributed by atoms with Gasteiger partial charge in [-0.15, -0.1) is 21.5 Å². The third-order valence-corrected chi connectivity index (χ3v) is 7.83. The first-order chi connectivity index (χ1) is 16.5. The smallest absolute Gasteiger partial charge is 0.270 e. The van der Waals surface area contributed by atoms with Crippen molar-refractivity contribution < 1.29 is 9.59 Å². The van der Waals surface area contributed by atoms with Gasteiger partial charge in [0.25, 0.3) is 11.8 Å². The predicted molar refractivity (Wildman–Crippen MR) is 130 cm³/mol. The number of carbonyl (C=O) groups excluding carboxylic acids is 2. The molecular weight excluding hydrogens is 448 g/mol. The van der Waals surface area contributed by atoms with Crippen molar-refractivity contribution in [2.75, 3.05) is 13.1 Å². The molecular formula is C25H30N6O2S. The predicted octanol–water partition coefficient (Wildman–Crippen LogP) is 3.44. The summed E-state index contributed by atoms with van der Waals surface area (Å²) in [5.74, 6) is 1.61. The minimum atomic E-state index is -0.303. The lowest BCUT2D eigenvalue weighted by molar-refractivity contribution is 0.0762. The maximum atomic E-state index is 13.4. The summed E-state index contributed by atoms with van der Waals surface area (Å²) in [6.07, 6.45) is 6.73. The van der Waals surface area contributed by atoms with Crippen LogP contribution in [0.1, 0.15) is 75.7 Å². The highest BCUT2D eigenvalue weighted by atomic mass is 32.1. The van der Waals surface area contributed by atoms with Gasteiger partial charge in [0, 0.05) is 32.3 Å². The topological polar surface area (TPSA) is 93.0 Å². The number of hydrogen-bond acceptors (Lipinski definition) is 6. The molecule has 1 unspecified atom stereocenters. The van der Waals surface area contributed by atoms with Gasteiger partial charge in [-0.25, -0.2) is 0 Å². The molecule has 1 atom stereocenters. The van der Waals surface area contributed by atoms with Crippen molar-refractivity contribution in [1.82, 2.24) is 30.0 Å². The first-order valence-electron chi connectivity index (χ1n) is 12.0. The van der Waals surface area contributed by atoms with Gasteiger partial charge in [0.1, 0.15) is 11.5 Å². The third-order valence-electron chi connectivity index (χ3n) is 6.77. The lowest BCUT2D eigenvalue weighted by atomic mass is 9.93. The summed E-state index contributed by atoms with van der Waals surface area (Å²) in [5.41, 5.74) is 3.00. The van der Waals surface area contributed by atoms with Crippen molar-refractivity contribution in [3.8, 4) is 0 Å². The molecule has 1 aliphatic heterocycles. The number of pyridine rings is 1. The number of thiophene rings is 1. The fraction of sp³-hybridized carbons (Fsp3) is 0.480. The lowest BCUT2D eigenvalue weighted by Gasteiger charge is -2.23. The molecule has 0 saturated heterocycles. The quantitative estimate of drug-likeness (QED) is 0.606. The monoisotopic (exact) mass is 478 g/mol. The van der Waals surface area contributed by atoms with Crippen molar-refractivity contribution in [2.24, 2.45) is 5.92 Å². The van der Waals surface area contributed by atoms with Gasteiger partial charge in [-0.3, -0.25) is 14.6 Å². The van der Waals surface area contributed by atoms with Crippen LogP contribution >= 0.6 is 11.3 Å². The van der Waals surface area contributed by atoms with Crippen LogP contribution in [0.3, 0.4) is 0 Å². The van der Waals surface area contributed by atoms with E-state index in [1.54, 1.807) is 35.7 Å². The van der Waals surface area contributed by atoms with Gasteiger partial charge in [0.15, 0.2) is 5.82 Å². The van der Waals surface area contributed by atoms with Crippen molar-refractivity contribution in [3.05, 3.63) is 63.1 Å². The highest BCUT2D eigenvalue weighted by Crippen LogP contribution is 2.31. The van der Waals surface area contributed by atoms with Crippen LogP contribution in [0.5, 0.6) is 0 Å². The first kappa shape index (κ1) is 22.7. The average molecular weight is 479 g/mol. The van der Waals surface area contributed by atoms with Crippen molar-refractivity contribution >= 4 is 23.2 Å². The summed E-state index contributed by atoms with van der Waals surface area (Å²) in [7, 11) is 0. The van der Waals surface area contributed by atoms with Gasteiger partial charge >= 0.3 is 0 Å². The Morgan fingerprint density at radius 1 is 1.06 bits per heavy atom. The van der Waals surface area contributed by atoms with E-state index in [-0.39, 0.29) is 23.8 Å². The molecule has 9 heteroatoms. The van der Waals surface area contributed by atoms with E-state index in [2.05, 4.69) is 44.3 Å². The zero-order chi connectivity index (χ0) is 23.7. The Morgan fingerprint density at radius 2 is 1.91 bits per heavy atom. The standard InChI is InChI=1S/C25H30N6O2S/c1-16(2)21(27-24(32)19-9-5-6-11-26-19)23-29-28-20-10-12-30(13-14-31(20)23)25(33)22-18-8-4-3-7-17(18)15-34-22/h5-6,9,11,15-16,21H,3-4,7-8,10,12-14H2,1-2H3,(H,27,32). The molecule has 1 N–H and O–H groups in total. The molecule has 0 fully saturated rings. The van der Waals surface area contributed by atoms with Gasteiger partial charge < -0.3 is 14.8 Å².